The molecule has 2 N–H and O–H groups in total. The third-order valence-corrected chi connectivity index (χ3v) is 5.89. The normalized spacial score (nSPS) is 10.9. The molecule has 31 heavy (non-hydrogen) atoms. The Morgan fingerprint density at radius 1 is 1.00 bits per heavy atom. The smallest absolute Gasteiger partial charge is 0.262 e. The van der Waals surface area contributed by atoms with Gasteiger partial charge in [-0.2, -0.15) is 0 Å². The molecule has 3 rings (SSSR count). The van der Waals surface area contributed by atoms with Crippen molar-refractivity contribution in [1.29, 1.82) is 0 Å². The van der Waals surface area contributed by atoms with Gasteiger partial charge in [0, 0.05) is 11.4 Å². The molecule has 0 unspecified atom stereocenters. The van der Waals surface area contributed by atoms with E-state index < -0.39 is 10.0 Å². The van der Waals surface area contributed by atoms with Crippen LogP contribution in [0.2, 0.25) is 5.02 Å². The Hall–Kier alpha value is -3.23. The molecule has 0 fully saturated rings. The van der Waals surface area contributed by atoms with E-state index in [0.717, 1.165) is 5.56 Å². The second-order valence-electron chi connectivity index (χ2n) is 6.63. The van der Waals surface area contributed by atoms with Crippen molar-refractivity contribution < 1.29 is 22.7 Å². The van der Waals surface area contributed by atoms with E-state index in [0.29, 0.717) is 17.1 Å². The zero-order chi connectivity index (χ0) is 22.4. The highest BCUT2D eigenvalue weighted by atomic mass is 35.5. The molecule has 0 atom stereocenters. The van der Waals surface area contributed by atoms with Crippen LogP contribution in [0.4, 0.5) is 11.4 Å². The van der Waals surface area contributed by atoms with Gasteiger partial charge in [0.25, 0.3) is 15.9 Å². The van der Waals surface area contributed by atoms with Crippen LogP contribution in [-0.4, -0.2) is 28.0 Å². The van der Waals surface area contributed by atoms with Gasteiger partial charge in [0.05, 0.1) is 17.0 Å². The molecule has 9 heteroatoms. The quantitative estimate of drug-likeness (QED) is 0.517. The monoisotopic (exact) mass is 460 g/mol. The number of halogens is 1. The molecular weight excluding hydrogens is 440 g/mol. The first-order valence-electron chi connectivity index (χ1n) is 9.22. The molecule has 3 aromatic rings. The highest BCUT2D eigenvalue weighted by Gasteiger charge is 2.17. The lowest BCUT2D eigenvalue weighted by Gasteiger charge is -2.12. The average Bonchev–Trinajstić information content (AvgIpc) is 2.73. The van der Waals surface area contributed by atoms with Gasteiger partial charge in [0.15, 0.2) is 6.61 Å². The van der Waals surface area contributed by atoms with Gasteiger partial charge in [-0.3, -0.25) is 9.52 Å². The molecule has 1 amide bonds. The van der Waals surface area contributed by atoms with Gasteiger partial charge in [-0.1, -0.05) is 23.7 Å². The number of aryl methyl sites for hydroxylation is 1. The summed E-state index contributed by atoms with van der Waals surface area (Å²) in [6.45, 7) is 1.65. The fourth-order valence-electron chi connectivity index (χ4n) is 2.70. The molecule has 7 nitrogen and oxygen atoms in total. The molecule has 0 saturated heterocycles. The molecule has 0 aliphatic heterocycles. The lowest BCUT2D eigenvalue weighted by atomic mass is 10.2. The molecule has 0 bridgehead atoms. The van der Waals surface area contributed by atoms with E-state index in [9.17, 15) is 13.2 Å². The molecule has 162 valence electrons. The van der Waals surface area contributed by atoms with E-state index in [4.69, 9.17) is 21.1 Å². The summed E-state index contributed by atoms with van der Waals surface area (Å²) in [5, 5.41) is 2.79. The van der Waals surface area contributed by atoms with Crippen LogP contribution in [-0.2, 0) is 14.8 Å². The Morgan fingerprint density at radius 2 is 1.74 bits per heavy atom. The van der Waals surface area contributed by atoms with Crippen LogP contribution in [0.1, 0.15) is 5.56 Å². The van der Waals surface area contributed by atoms with Crippen molar-refractivity contribution in [1.82, 2.24) is 0 Å². The van der Waals surface area contributed by atoms with Gasteiger partial charge >= 0.3 is 0 Å². The molecule has 0 aliphatic carbocycles. The molecule has 0 saturated carbocycles. The number of anilines is 2. The lowest BCUT2D eigenvalue weighted by molar-refractivity contribution is -0.118. The zero-order valence-corrected chi connectivity index (χ0v) is 18.5. The van der Waals surface area contributed by atoms with E-state index in [1.165, 1.54) is 25.3 Å². The van der Waals surface area contributed by atoms with Crippen molar-refractivity contribution in [2.45, 2.75) is 11.8 Å². The van der Waals surface area contributed by atoms with Crippen molar-refractivity contribution in [2.75, 3.05) is 23.8 Å². The Morgan fingerprint density at radius 3 is 2.39 bits per heavy atom. The minimum atomic E-state index is -3.86. The Kier molecular flexibility index (Phi) is 7.04. The number of sulfonamides is 1. The van der Waals surface area contributed by atoms with Gasteiger partial charge in [-0.25, -0.2) is 8.42 Å². The number of carbonyl (C=O) groups excluding carboxylic acids is 1. The number of benzene rings is 3. The summed E-state index contributed by atoms with van der Waals surface area (Å²) >= 11 is 6.18. The van der Waals surface area contributed by atoms with Crippen LogP contribution in [0.15, 0.2) is 71.6 Å². The maximum absolute atomic E-state index is 12.6. The fraction of sp³-hybridized carbons (Fsp3) is 0.136. The number of hydrogen-bond donors (Lipinski definition) is 2. The highest BCUT2D eigenvalue weighted by molar-refractivity contribution is 7.92. The molecule has 0 heterocycles. The first-order chi connectivity index (χ1) is 14.8. The predicted molar refractivity (Wildman–Crippen MR) is 121 cm³/mol. The summed E-state index contributed by atoms with van der Waals surface area (Å²) in [7, 11) is -2.33. The molecule has 0 aliphatic rings. The minimum Gasteiger partial charge on any atom is -0.497 e. The van der Waals surface area contributed by atoms with Crippen LogP contribution in [0.5, 0.6) is 11.5 Å². The lowest BCUT2D eigenvalue weighted by Crippen LogP contribution is -2.20. The zero-order valence-electron chi connectivity index (χ0n) is 16.9. The maximum atomic E-state index is 12.6. The molecule has 0 radical (unpaired) electrons. The predicted octanol–water partition coefficient (Wildman–Crippen LogP) is 4.48. The molecule has 0 spiro atoms. The third kappa shape index (κ3) is 6.13. The molecule has 3 aromatic carbocycles. The van der Waals surface area contributed by atoms with Crippen LogP contribution < -0.4 is 19.5 Å². The number of rotatable bonds is 8. The Labute approximate surface area is 186 Å². The minimum absolute atomic E-state index is 0.0371. The van der Waals surface area contributed by atoms with Gasteiger partial charge in [0.2, 0.25) is 0 Å². The number of methoxy groups -OCH3 is 1. The van der Waals surface area contributed by atoms with Gasteiger partial charge in [0.1, 0.15) is 11.5 Å². The van der Waals surface area contributed by atoms with Crippen molar-refractivity contribution in [3.63, 3.8) is 0 Å². The summed E-state index contributed by atoms with van der Waals surface area (Å²) in [5.74, 6) is 0.447. The van der Waals surface area contributed by atoms with Gasteiger partial charge in [-0.15, -0.1) is 0 Å². The summed E-state index contributed by atoms with van der Waals surface area (Å²) < 4.78 is 38.2. The van der Waals surface area contributed by atoms with Crippen LogP contribution in [0, 0.1) is 6.92 Å². The van der Waals surface area contributed by atoms with Crippen molar-refractivity contribution in [3.8, 4) is 11.5 Å². The van der Waals surface area contributed by atoms with E-state index in [1.54, 1.807) is 30.3 Å². The number of ether oxygens (including phenoxy) is 2. The van der Waals surface area contributed by atoms with E-state index in [2.05, 4.69) is 10.0 Å². The van der Waals surface area contributed by atoms with E-state index >= 15 is 0 Å². The average molecular weight is 461 g/mol. The Bertz CT molecular complexity index is 1180. The summed E-state index contributed by atoms with van der Waals surface area (Å²) in [5.41, 5.74) is 2.05. The SMILES string of the molecule is COc1ccc(NS(=O)(=O)c2ccc(OCC(=O)Nc3cccc(C)c3)c(Cl)c2)cc1. The summed E-state index contributed by atoms with van der Waals surface area (Å²) in [6.07, 6.45) is 0. The van der Waals surface area contributed by atoms with Crippen LogP contribution in [0.25, 0.3) is 0 Å². The Balaban J connectivity index is 1.63. The first-order valence-corrected chi connectivity index (χ1v) is 11.1. The number of hydrogen-bond acceptors (Lipinski definition) is 5. The van der Waals surface area contributed by atoms with E-state index in [1.807, 2.05) is 25.1 Å². The molecule has 0 aromatic heterocycles. The fourth-order valence-corrected chi connectivity index (χ4v) is 4.09. The number of amides is 1. The van der Waals surface area contributed by atoms with Crippen LogP contribution >= 0.6 is 11.6 Å². The van der Waals surface area contributed by atoms with Gasteiger partial charge < -0.3 is 14.8 Å². The number of carbonyl (C=O) groups is 1. The maximum Gasteiger partial charge on any atom is 0.262 e. The van der Waals surface area contributed by atoms with E-state index in [-0.39, 0.29) is 28.2 Å². The first kappa shape index (κ1) is 22.5. The molecular formula is C22H21ClN2O5S. The third-order valence-electron chi connectivity index (χ3n) is 4.22. The number of nitrogens with one attached hydrogen (secondary N) is 2. The van der Waals surface area contributed by atoms with Crippen molar-refractivity contribution in [2.24, 2.45) is 0 Å². The largest absolute Gasteiger partial charge is 0.497 e. The summed E-state index contributed by atoms with van der Waals surface area (Å²) in [6, 6.07) is 17.8. The van der Waals surface area contributed by atoms with Crippen LogP contribution in [0.3, 0.4) is 0 Å². The van der Waals surface area contributed by atoms with Gasteiger partial charge in [-0.05, 0) is 67.1 Å². The van der Waals surface area contributed by atoms with Crippen molar-refractivity contribution in [3.05, 3.63) is 77.3 Å². The second-order valence-corrected chi connectivity index (χ2v) is 8.72. The second kappa shape index (κ2) is 9.72. The standard InChI is InChI=1S/C22H21ClN2O5S/c1-15-4-3-5-17(12-15)24-22(26)14-30-21-11-10-19(13-20(21)23)31(27,28)25-16-6-8-18(29-2)9-7-16/h3-13,25H,14H2,1-2H3,(H,24,26). The topological polar surface area (TPSA) is 93.7 Å². The highest BCUT2D eigenvalue weighted by Crippen LogP contribution is 2.28. The summed E-state index contributed by atoms with van der Waals surface area (Å²) in [4.78, 5) is 12.1. The van der Waals surface area contributed by atoms with Crippen molar-refractivity contribution >= 4 is 38.9 Å².